The van der Waals surface area contributed by atoms with Gasteiger partial charge in [0.25, 0.3) is 0 Å². The van der Waals surface area contributed by atoms with Gasteiger partial charge in [0, 0.05) is 12.1 Å². The Morgan fingerprint density at radius 3 is 2.70 bits per heavy atom. The number of halogens is 2. The summed E-state index contributed by atoms with van der Waals surface area (Å²) in [5.74, 6) is -0.250. The molecule has 0 unspecified atom stereocenters. The molecule has 3 rings (SSSR count). The quantitative estimate of drug-likeness (QED) is 0.784. The van der Waals surface area contributed by atoms with Crippen LogP contribution in [0, 0.1) is 11.6 Å². The van der Waals surface area contributed by atoms with E-state index in [4.69, 9.17) is 0 Å². The van der Waals surface area contributed by atoms with Gasteiger partial charge < -0.3 is 5.32 Å². The third-order valence-corrected chi connectivity index (χ3v) is 3.31. The summed E-state index contributed by atoms with van der Waals surface area (Å²) >= 11 is 0. The molecule has 1 heterocycles. The molecule has 116 valence electrons. The molecule has 6 heteroatoms. The molecule has 0 aliphatic heterocycles. The van der Waals surface area contributed by atoms with E-state index in [1.807, 2.05) is 0 Å². The summed E-state index contributed by atoms with van der Waals surface area (Å²) in [6.07, 6.45) is 1.97. The Bertz CT molecular complexity index is 808. The number of nitrogens with zero attached hydrogens (tertiary/aromatic N) is 3. The molecule has 0 saturated carbocycles. The largest absolute Gasteiger partial charge is 0.353 e. The van der Waals surface area contributed by atoms with Crippen LogP contribution < -0.4 is 5.32 Å². The maximum Gasteiger partial charge on any atom is 0.243 e. The highest BCUT2D eigenvalue weighted by Crippen LogP contribution is 2.17. The minimum absolute atomic E-state index is 0.234. The van der Waals surface area contributed by atoms with Crippen LogP contribution in [0.4, 0.5) is 14.7 Å². The third kappa shape index (κ3) is 3.85. The van der Waals surface area contributed by atoms with E-state index >= 15 is 0 Å². The van der Waals surface area contributed by atoms with Gasteiger partial charge in [0.1, 0.15) is 11.6 Å². The average Bonchev–Trinajstić information content (AvgIpc) is 2.57. The van der Waals surface area contributed by atoms with Crippen LogP contribution in [0.15, 0.2) is 54.7 Å². The van der Waals surface area contributed by atoms with Crippen molar-refractivity contribution in [3.05, 3.63) is 71.9 Å². The van der Waals surface area contributed by atoms with Gasteiger partial charge in [0.05, 0.1) is 11.9 Å². The van der Waals surface area contributed by atoms with Crippen LogP contribution in [-0.2, 0) is 6.42 Å². The van der Waals surface area contributed by atoms with E-state index in [2.05, 4.69) is 20.5 Å². The van der Waals surface area contributed by atoms with Gasteiger partial charge in [-0.05, 0) is 30.2 Å². The highest BCUT2D eigenvalue weighted by Gasteiger charge is 2.05. The van der Waals surface area contributed by atoms with Crippen LogP contribution in [0.3, 0.4) is 0 Å². The van der Waals surface area contributed by atoms with Crippen LogP contribution in [-0.4, -0.2) is 21.7 Å². The molecule has 0 radical (unpaired) electrons. The van der Waals surface area contributed by atoms with E-state index in [1.54, 1.807) is 30.3 Å². The van der Waals surface area contributed by atoms with E-state index in [-0.39, 0.29) is 11.6 Å². The van der Waals surface area contributed by atoms with E-state index in [1.165, 1.54) is 24.4 Å². The Hall–Kier alpha value is -2.89. The Morgan fingerprint density at radius 1 is 1.00 bits per heavy atom. The topological polar surface area (TPSA) is 50.7 Å². The third-order valence-electron chi connectivity index (χ3n) is 3.31. The highest BCUT2D eigenvalue weighted by molar-refractivity contribution is 5.58. The van der Waals surface area contributed by atoms with Crippen molar-refractivity contribution in [1.82, 2.24) is 15.2 Å². The lowest BCUT2D eigenvalue weighted by Crippen LogP contribution is -2.09. The first-order valence-electron chi connectivity index (χ1n) is 7.15. The molecular weight excluding hydrogens is 298 g/mol. The molecule has 0 fully saturated rings. The molecule has 2 aromatic carbocycles. The van der Waals surface area contributed by atoms with Gasteiger partial charge >= 0.3 is 0 Å². The fourth-order valence-electron chi connectivity index (χ4n) is 2.18. The second-order valence-electron chi connectivity index (χ2n) is 4.94. The summed E-state index contributed by atoms with van der Waals surface area (Å²) in [6, 6.07) is 12.7. The molecule has 1 N–H and O–H groups in total. The van der Waals surface area contributed by atoms with E-state index in [0.29, 0.717) is 35.7 Å². The van der Waals surface area contributed by atoms with Gasteiger partial charge in [-0.1, -0.05) is 30.3 Å². The van der Waals surface area contributed by atoms with Crippen LogP contribution >= 0.6 is 0 Å². The van der Waals surface area contributed by atoms with Gasteiger partial charge in [-0.15, -0.1) is 5.10 Å². The molecule has 23 heavy (non-hydrogen) atoms. The van der Waals surface area contributed by atoms with Crippen LogP contribution in [0.1, 0.15) is 5.56 Å². The second kappa shape index (κ2) is 6.91. The second-order valence-corrected chi connectivity index (χ2v) is 4.94. The van der Waals surface area contributed by atoms with Crippen molar-refractivity contribution in [3.8, 4) is 11.3 Å². The molecule has 0 saturated heterocycles. The maximum atomic E-state index is 13.5. The molecule has 0 aliphatic rings. The van der Waals surface area contributed by atoms with Crippen molar-refractivity contribution >= 4 is 5.95 Å². The Kier molecular flexibility index (Phi) is 4.52. The van der Waals surface area contributed by atoms with Crippen LogP contribution in [0.2, 0.25) is 0 Å². The minimum atomic E-state index is -0.338. The summed E-state index contributed by atoms with van der Waals surface area (Å²) in [5, 5.41) is 10.7. The van der Waals surface area contributed by atoms with Crippen molar-refractivity contribution in [2.45, 2.75) is 6.42 Å². The normalized spacial score (nSPS) is 10.5. The standard InChI is InChI=1S/C17H14F2N4/c18-14-6-3-5-13(10-14)16-11-21-23-17(22-16)20-9-8-12-4-1-2-7-15(12)19/h1-7,10-11H,8-9H2,(H,20,22,23). The summed E-state index contributed by atoms with van der Waals surface area (Å²) in [5.41, 5.74) is 1.76. The Morgan fingerprint density at radius 2 is 1.87 bits per heavy atom. The van der Waals surface area contributed by atoms with E-state index < -0.39 is 0 Å². The molecule has 0 spiro atoms. The molecule has 0 amide bonds. The first-order valence-corrected chi connectivity index (χ1v) is 7.15. The number of benzene rings is 2. The van der Waals surface area contributed by atoms with E-state index in [9.17, 15) is 8.78 Å². The first kappa shape index (κ1) is 15.0. The van der Waals surface area contributed by atoms with Gasteiger partial charge in [0.2, 0.25) is 5.95 Å². The fourth-order valence-corrected chi connectivity index (χ4v) is 2.18. The highest BCUT2D eigenvalue weighted by atomic mass is 19.1. The number of nitrogens with one attached hydrogen (secondary N) is 1. The zero-order valence-corrected chi connectivity index (χ0v) is 12.2. The number of rotatable bonds is 5. The molecule has 0 aliphatic carbocycles. The van der Waals surface area contributed by atoms with Crippen molar-refractivity contribution in [1.29, 1.82) is 0 Å². The summed E-state index contributed by atoms with van der Waals surface area (Å²) in [7, 11) is 0. The lowest BCUT2D eigenvalue weighted by atomic mass is 10.1. The summed E-state index contributed by atoms with van der Waals surface area (Å²) in [6.45, 7) is 0.467. The maximum absolute atomic E-state index is 13.5. The Labute approximate surface area is 132 Å². The smallest absolute Gasteiger partial charge is 0.243 e. The minimum Gasteiger partial charge on any atom is -0.353 e. The summed E-state index contributed by atoms with van der Waals surface area (Å²) in [4.78, 5) is 4.29. The van der Waals surface area contributed by atoms with Gasteiger partial charge in [-0.25, -0.2) is 13.8 Å². The van der Waals surface area contributed by atoms with Crippen LogP contribution in [0.5, 0.6) is 0 Å². The van der Waals surface area contributed by atoms with Gasteiger partial charge in [0.15, 0.2) is 0 Å². The number of hydrogen-bond acceptors (Lipinski definition) is 4. The number of anilines is 1. The monoisotopic (exact) mass is 312 g/mol. The molecule has 0 bridgehead atoms. The van der Waals surface area contributed by atoms with Crippen molar-refractivity contribution in [2.75, 3.05) is 11.9 Å². The molecule has 3 aromatic rings. The van der Waals surface area contributed by atoms with Crippen molar-refractivity contribution in [3.63, 3.8) is 0 Å². The predicted octanol–water partition coefficient (Wildman–Crippen LogP) is 3.47. The first-order chi connectivity index (χ1) is 11.2. The summed E-state index contributed by atoms with van der Waals surface area (Å²) < 4.78 is 26.8. The lowest BCUT2D eigenvalue weighted by molar-refractivity contribution is 0.610. The zero-order valence-electron chi connectivity index (χ0n) is 12.2. The van der Waals surface area contributed by atoms with Crippen molar-refractivity contribution in [2.24, 2.45) is 0 Å². The molecular formula is C17H14F2N4. The fraction of sp³-hybridized carbons (Fsp3) is 0.118. The van der Waals surface area contributed by atoms with Crippen LogP contribution in [0.25, 0.3) is 11.3 Å². The predicted molar refractivity (Wildman–Crippen MR) is 83.8 cm³/mol. The molecule has 0 atom stereocenters. The van der Waals surface area contributed by atoms with E-state index in [0.717, 1.165) is 0 Å². The zero-order chi connectivity index (χ0) is 16.1. The average molecular weight is 312 g/mol. The SMILES string of the molecule is Fc1cccc(-c2cnnc(NCCc3ccccc3F)n2)c1. The lowest BCUT2D eigenvalue weighted by Gasteiger charge is -2.06. The molecule has 1 aromatic heterocycles. The number of hydrogen-bond donors (Lipinski definition) is 1. The number of aromatic nitrogens is 3. The van der Waals surface area contributed by atoms with Gasteiger partial charge in [-0.3, -0.25) is 0 Å². The van der Waals surface area contributed by atoms with Gasteiger partial charge in [-0.2, -0.15) is 5.10 Å². The molecule has 4 nitrogen and oxygen atoms in total. The van der Waals surface area contributed by atoms with Crippen molar-refractivity contribution < 1.29 is 8.78 Å². The Balaban J connectivity index is 1.67.